The molecule has 3 amide bonds. The lowest BCUT2D eigenvalue weighted by Gasteiger charge is -2.30. The van der Waals surface area contributed by atoms with Crippen LogP contribution < -0.4 is 14.9 Å². The van der Waals surface area contributed by atoms with E-state index in [0.717, 1.165) is 41.3 Å². The minimum Gasteiger partial charge on any atom is -0.483 e. The lowest BCUT2D eigenvalue weighted by molar-refractivity contribution is -0.149. The van der Waals surface area contributed by atoms with Crippen LogP contribution in [0.15, 0.2) is 58.4 Å². The molecule has 2 aliphatic heterocycles. The summed E-state index contributed by atoms with van der Waals surface area (Å²) in [6, 6.07) is 10.4. The van der Waals surface area contributed by atoms with Crippen LogP contribution >= 0.6 is 23.1 Å². The Bertz CT molecular complexity index is 1590. The van der Waals surface area contributed by atoms with Gasteiger partial charge in [-0.25, -0.2) is 0 Å². The Morgan fingerprint density at radius 2 is 1.82 bits per heavy atom. The molecule has 2 aromatic carbocycles. The average molecular weight is 594 g/mol. The van der Waals surface area contributed by atoms with E-state index in [2.05, 4.69) is 10.3 Å². The van der Waals surface area contributed by atoms with Gasteiger partial charge in [-0.3, -0.25) is 28.9 Å². The number of likely N-dealkylation sites (tertiary alicyclic amines) is 1. The number of carbonyl (C=O) groups excluding carboxylic acids is 3. The van der Waals surface area contributed by atoms with Gasteiger partial charge in [0.15, 0.2) is 6.61 Å². The van der Waals surface area contributed by atoms with E-state index in [1.165, 1.54) is 12.1 Å². The van der Waals surface area contributed by atoms with Crippen molar-refractivity contribution < 1.29 is 42.2 Å². The smallest absolute Gasteiger partial charge is 0.416 e. The van der Waals surface area contributed by atoms with Crippen molar-refractivity contribution in [2.75, 3.05) is 18.5 Å². The monoisotopic (exact) mass is 593 g/mol. The molecule has 15 heteroatoms. The summed E-state index contributed by atoms with van der Waals surface area (Å²) in [5.41, 5.74) is -0.644. The van der Waals surface area contributed by atoms with E-state index in [4.69, 9.17) is 4.74 Å². The first-order chi connectivity index (χ1) is 18.9. The lowest BCUT2D eigenvalue weighted by Crippen LogP contribution is -2.36. The summed E-state index contributed by atoms with van der Waals surface area (Å²) < 4.78 is 44.7. The maximum atomic E-state index is 13.3. The number of aromatic amines is 1. The highest BCUT2D eigenvalue weighted by Crippen LogP contribution is 2.53. The second kappa shape index (κ2) is 10.5. The zero-order valence-corrected chi connectivity index (χ0v) is 21.7. The van der Waals surface area contributed by atoms with Crippen LogP contribution in [0.4, 0.5) is 18.9 Å². The third-order valence-corrected chi connectivity index (χ3v) is 8.70. The summed E-state index contributed by atoms with van der Waals surface area (Å²) in [4.78, 5) is 65.8. The number of carboxylic acids is 1. The topological polar surface area (TPSA) is 146 Å². The van der Waals surface area contributed by atoms with Gasteiger partial charge in [0.2, 0.25) is 11.8 Å². The summed E-state index contributed by atoms with van der Waals surface area (Å²) in [7, 11) is 0. The van der Waals surface area contributed by atoms with Crippen molar-refractivity contribution in [1.29, 1.82) is 0 Å². The molecule has 3 atom stereocenters. The van der Waals surface area contributed by atoms with Gasteiger partial charge in [0, 0.05) is 22.0 Å². The Labute approximate surface area is 231 Å². The van der Waals surface area contributed by atoms with E-state index in [1.807, 2.05) is 0 Å². The second-order valence-corrected chi connectivity index (χ2v) is 11.0. The van der Waals surface area contributed by atoms with E-state index in [-0.39, 0.29) is 11.4 Å². The molecule has 0 radical (unpaired) electrons. The molecule has 1 fully saturated rings. The number of halogens is 3. The van der Waals surface area contributed by atoms with Gasteiger partial charge in [-0.1, -0.05) is 47.4 Å². The number of benzene rings is 2. The van der Waals surface area contributed by atoms with Crippen molar-refractivity contribution in [1.82, 2.24) is 9.88 Å². The molecule has 1 aromatic heterocycles. The molecule has 0 bridgehead atoms. The fourth-order valence-electron chi connectivity index (χ4n) is 4.68. The van der Waals surface area contributed by atoms with Gasteiger partial charge in [0.05, 0.1) is 16.5 Å². The first-order valence-electron chi connectivity index (χ1n) is 11.6. The molecule has 2 aliphatic rings. The van der Waals surface area contributed by atoms with E-state index in [9.17, 15) is 42.3 Å². The highest BCUT2D eigenvalue weighted by Gasteiger charge is 2.56. The number of anilines is 1. The van der Waals surface area contributed by atoms with Gasteiger partial charge in [0.1, 0.15) is 17.5 Å². The number of thiazole rings is 1. The van der Waals surface area contributed by atoms with Crippen LogP contribution in [-0.4, -0.2) is 57.1 Å². The molecule has 3 heterocycles. The number of hydrogen-bond donors (Lipinski definition) is 3. The van der Waals surface area contributed by atoms with Crippen molar-refractivity contribution >= 4 is 52.5 Å². The van der Waals surface area contributed by atoms with Crippen molar-refractivity contribution in [3.63, 3.8) is 0 Å². The SMILES string of the molecule is O=C(O)CN1C(=O)[C@@H]2[C@H](c3ccccc3OCC(=O)Nc3cccc(C(F)(F)F)c3)c3sc(=O)[nH]c3S[C@@H]2C1=O. The van der Waals surface area contributed by atoms with Crippen LogP contribution in [0.2, 0.25) is 0 Å². The minimum atomic E-state index is -4.59. The lowest BCUT2D eigenvalue weighted by atomic mass is 9.82. The van der Waals surface area contributed by atoms with Gasteiger partial charge in [-0.2, -0.15) is 13.2 Å². The molecule has 0 saturated carbocycles. The molecule has 208 valence electrons. The molecule has 40 heavy (non-hydrogen) atoms. The Morgan fingerprint density at radius 3 is 2.55 bits per heavy atom. The van der Waals surface area contributed by atoms with E-state index in [1.54, 1.807) is 18.2 Å². The number of rotatable bonds is 7. The zero-order valence-electron chi connectivity index (χ0n) is 20.1. The van der Waals surface area contributed by atoms with Gasteiger partial charge in [-0.05, 0) is 24.3 Å². The van der Waals surface area contributed by atoms with E-state index < -0.39 is 70.5 Å². The van der Waals surface area contributed by atoms with E-state index >= 15 is 0 Å². The number of hydrogen-bond acceptors (Lipinski definition) is 8. The summed E-state index contributed by atoms with van der Waals surface area (Å²) in [5, 5.41) is 10.9. The number of carboxylic acid groups (broad SMARTS) is 1. The van der Waals surface area contributed by atoms with Crippen LogP contribution in [-0.2, 0) is 25.4 Å². The molecule has 0 spiro atoms. The molecular formula is C25H18F3N3O7S2. The number of nitrogens with one attached hydrogen (secondary N) is 2. The number of aromatic nitrogens is 1. The quantitative estimate of drug-likeness (QED) is 0.354. The molecule has 3 aromatic rings. The van der Waals surface area contributed by atoms with Crippen molar-refractivity contribution in [2.24, 2.45) is 5.92 Å². The summed E-state index contributed by atoms with van der Waals surface area (Å²) >= 11 is 1.82. The summed E-state index contributed by atoms with van der Waals surface area (Å²) in [5.74, 6) is -5.29. The molecular weight excluding hydrogens is 575 g/mol. The molecule has 1 saturated heterocycles. The van der Waals surface area contributed by atoms with Crippen molar-refractivity contribution in [2.45, 2.75) is 22.4 Å². The number of nitrogens with zero attached hydrogens (tertiary/aromatic N) is 1. The van der Waals surface area contributed by atoms with Gasteiger partial charge < -0.3 is 20.1 Å². The van der Waals surface area contributed by atoms with Gasteiger partial charge in [0.25, 0.3) is 5.91 Å². The first-order valence-corrected chi connectivity index (χ1v) is 13.3. The van der Waals surface area contributed by atoms with Crippen LogP contribution in [0.25, 0.3) is 0 Å². The highest BCUT2D eigenvalue weighted by atomic mass is 32.2. The Kier molecular flexibility index (Phi) is 7.18. The predicted octanol–water partition coefficient (Wildman–Crippen LogP) is 3.15. The highest BCUT2D eigenvalue weighted by molar-refractivity contribution is 8.00. The molecule has 0 aliphatic carbocycles. The number of carbonyl (C=O) groups is 4. The molecule has 3 N–H and O–H groups in total. The molecule has 0 unspecified atom stereocenters. The Hall–Kier alpha value is -4.11. The maximum Gasteiger partial charge on any atom is 0.416 e. The van der Waals surface area contributed by atoms with Crippen LogP contribution in [0.3, 0.4) is 0 Å². The van der Waals surface area contributed by atoms with Crippen molar-refractivity contribution in [3.05, 3.63) is 74.2 Å². The van der Waals surface area contributed by atoms with Crippen LogP contribution in [0.5, 0.6) is 5.75 Å². The van der Waals surface area contributed by atoms with Crippen LogP contribution in [0.1, 0.15) is 21.9 Å². The standard InChI is InChI=1S/C25H18F3N3O7S2/c26-25(27,28)11-4-3-5-12(8-11)29-15(32)10-38-14-7-2-1-6-13(14)17-18-20(39-21-19(17)40-24(37)30-21)23(36)31(22(18)35)9-16(33)34/h1-8,17-18,20H,9-10H2,(H,29,32)(H,30,37)(H,33,34)/t17-,18+,20-/m0/s1. The maximum absolute atomic E-state index is 13.3. The largest absolute Gasteiger partial charge is 0.483 e. The van der Waals surface area contributed by atoms with Crippen LogP contribution in [0, 0.1) is 5.92 Å². The van der Waals surface area contributed by atoms with Gasteiger partial charge >= 0.3 is 17.0 Å². The number of para-hydroxylation sites is 1. The number of thioether (sulfide) groups is 1. The zero-order chi connectivity index (χ0) is 28.8. The number of ether oxygens (including phenoxy) is 1. The Morgan fingerprint density at radius 1 is 1.07 bits per heavy atom. The third kappa shape index (κ3) is 5.21. The number of alkyl halides is 3. The second-order valence-electron chi connectivity index (χ2n) is 8.86. The number of H-pyrrole nitrogens is 1. The van der Waals surface area contributed by atoms with E-state index in [0.29, 0.717) is 20.4 Å². The number of imide groups is 1. The summed E-state index contributed by atoms with van der Waals surface area (Å²) in [6.45, 7) is -1.41. The van der Waals surface area contributed by atoms with Gasteiger partial charge in [-0.15, -0.1) is 0 Å². The number of fused-ring (bicyclic) bond motifs is 2. The third-order valence-electron chi connectivity index (χ3n) is 6.30. The minimum absolute atomic E-state index is 0.0841. The number of aliphatic carboxylic acids is 1. The Balaban J connectivity index is 1.43. The molecule has 5 rings (SSSR count). The number of amides is 3. The normalized spacial score (nSPS) is 20.2. The van der Waals surface area contributed by atoms with Crippen molar-refractivity contribution in [3.8, 4) is 5.75 Å². The fourth-order valence-corrected chi connectivity index (χ4v) is 7.21. The predicted molar refractivity (Wildman–Crippen MR) is 136 cm³/mol. The summed E-state index contributed by atoms with van der Waals surface area (Å²) in [6.07, 6.45) is -4.59. The first kappa shape index (κ1) is 27.5. The molecule has 10 nitrogen and oxygen atoms in total. The fraction of sp³-hybridized carbons (Fsp3) is 0.240. The average Bonchev–Trinajstić information content (AvgIpc) is 3.37.